The van der Waals surface area contributed by atoms with Crippen LogP contribution >= 0.6 is 0 Å². The average molecular weight is 293 g/mol. The Morgan fingerprint density at radius 1 is 1.33 bits per heavy atom. The summed E-state index contributed by atoms with van der Waals surface area (Å²) in [6.45, 7) is 8.90. The number of nitrogens with zero attached hydrogens (tertiary/aromatic N) is 2. The van der Waals surface area contributed by atoms with E-state index in [4.69, 9.17) is 10.2 Å². The molecule has 21 heavy (non-hydrogen) atoms. The normalized spacial score (nSPS) is 18.2. The Balaban J connectivity index is 1.81. The van der Waals surface area contributed by atoms with Crippen LogP contribution in [0.5, 0.6) is 0 Å². The van der Waals surface area contributed by atoms with Crippen LogP contribution in [-0.4, -0.2) is 48.4 Å². The summed E-state index contributed by atoms with van der Waals surface area (Å²) in [5, 5.41) is 0. The topological polar surface area (TPSA) is 62.7 Å². The maximum absolute atomic E-state index is 12.5. The molecule has 0 radical (unpaired) electrons. The first-order valence-corrected chi connectivity index (χ1v) is 7.83. The van der Waals surface area contributed by atoms with Gasteiger partial charge in [-0.25, -0.2) is 0 Å². The highest BCUT2D eigenvalue weighted by Crippen LogP contribution is 2.16. The van der Waals surface area contributed by atoms with E-state index in [1.54, 1.807) is 6.26 Å². The molecule has 1 aliphatic rings. The lowest BCUT2D eigenvalue weighted by Gasteiger charge is -2.36. The largest absolute Gasteiger partial charge is 0.468 e. The number of amides is 1. The fraction of sp³-hybridized carbons (Fsp3) is 0.688. The molecule has 2 N–H and O–H groups in total. The molecule has 1 atom stereocenters. The van der Waals surface area contributed by atoms with Gasteiger partial charge in [-0.15, -0.1) is 0 Å². The van der Waals surface area contributed by atoms with Crippen molar-refractivity contribution in [2.45, 2.75) is 26.8 Å². The number of rotatable bonds is 6. The van der Waals surface area contributed by atoms with Crippen molar-refractivity contribution < 1.29 is 9.21 Å². The maximum Gasteiger partial charge on any atom is 0.227 e. The van der Waals surface area contributed by atoms with Crippen LogP contribution in [0.25, 0.3) is 0 Å². The number of piperazine rings is 1. The van der Waals surface area contributed by atoms with Crippen molar-refractivity contribution >= 4 is 5.91 Å². The minimum atomic E-state index is -0.0263. The molecule has 0 saturated carbocycles. The molecule has 5 nitrogen and oxygen atoms in total. The number of furan rings is 1. The fourth-order valence-electron chi connectivity index (χ4n) is 2.87. The van der Waals surface area contributed by atoms with E-state index in [1.165, 1.54) is 0 Å². The van der Waals surface area contributed by atoms with Crippen LogP contribution in [0.15, 0.2) is 22.8 Å². The SMILES string of the molecule is CC(C)CC(CN)C(=O)N1CCN(Cc2ccco2)CC1. The van der Waals surface area contributed by atoms with Crippen molar-refractivity contribution in [3.05, 3.63) is 24.2 Å². The highest BCUT2D eigenvalue weighted by molar-refractivity contribution is 5.79. The van der Waals surface area contributed by atoms with Gasteiger partial charge in [0.05, 0.1) is 18.7 Å². The summed E-state index contributed by atoms with van der Waals surface area (Å²) in [4.78, 5) is 16.8. The van der Waals surface area contributed by atoms with Crippen LogP contribution in [0, 0.1) is 11.8 Å². The molecule has 2 heterocycles. The van der Waals surface area contributed by atoms with Gasteiger partial charge in [-0.05, 0) is 24.5 Å². The summed E-state index contributed by atoms with van der Waals surface area (Å²) in [7, 11) is 0. The van der Waals surface area contributed by atoms with Gasteiger partial charge in [-0.2, -0.15) is 0 Å². The van der Waals surface area contributed by atoms with Gasteiger partial charge in [0.15, 0.2) is 0 Å². The van der Waals surface area contributed by atoms with Gasteiger partial charge in [-0.1, -0.05) is 13.8 Å². The van der Waals surface area contributed by atoms with Crippen molar-refractivity contribution in [2.24, 2.45) is 17.6 Å². The third kappa shape index (κ3) is 4.58. The highest BCUT2D eigenvalue weighted by Gasteiger charge is 2.27. The molecule has 0 spiro atoms. The standard InChI is InChI=1S/C16H27N3O2/c1-13(2)10-14(11-17)16(20)19-7-5-18(6-8-19)12-15-4-3-9-21-15/h3-4,9,13-14H,5-8,10-12,17H2,1-2H3. The predicted octanol–water partition coefficient (Wildman–Crippen LogP) is 1.54. The van der Waals surface area contributed by atoms with Gasteiger partial charge in [-0.3, -0.25) is 9.69 Å². The highest BCUT2D eigenvalue weighted by atomic mass is 16.3. The second kappa shape index (κ2) is 7.61. The van der Waals surface area contributed by atoms with Crippen LogP contribution in [0.4, 0.5) is 0 Å². The lowest BCUT2D eigenvalue weighted by atomic mass is 9.95. The van der Waals surface area contributed by atoms with E-state index in [0.29, 0.717) is 12.5 Å². The molecule has 0 aliphatic carbocycles. The van der Waals surface area contributed by atoms with E-state index >= 15 is 0 Å². The molecule has 0 bridgehead atoms. The van der Waals surface area contributed by atoms with Gasteiger partial charge < -0.3 is 15.1 Å². The number of hydrogen-bond donors (Lipinski definition) is 1. The van der Waals surface area contributed by atoms with Crippen LogP contribution in [0.1, 0.15) is 26.0 Å². The molecule has 1 aromatic rings. The van der Waals surface area contributed by atoms with Gasteiger partial charge in [0.2, 0.25) is 5.91 Å². The third-order valence-corrected chi connectivity index (χ3v) is 4.03. The zero-order valence-electron chi connectivity index (χ0n) is 13.1. The van der Waals surface area contributed by atoms with E-state index in [2.05, 4.69) is 18.7 Å². The van der Waals surface area contributed by atoms with Gasteiger partial charge >= 0.3 is 0 Å². The van der Waals surface area contributed by atoms with Crippen LogP contribution in [-0.2, 0) is 11.3 Å². The second-order valence-corrected chi connectivity index (χ2v) is 6.24. The van der Waals surface area contributed by atoms with Gasteiger partial charge in [0.1, 0.15) is 5.76 Å². The van der Waals surface area contributed by atoms with Crippen LogP contribution < -0.4 is 5.73 Å². The van der Waals surface area contributed by atoms with E-state index in [9.17, 15) is 4.79 Å². The molecule has 5 heteroatoms. The molecule has 1 fully saturated rings. The van der Waals surface area contributed by atoms with Crippen LogP contribution in [0.3, 0.4) is 0 Å². The summed E-state index contributed by atoms with van der Waals surface area (Å²) in [5.74, 6) is 1.68. The van der Waals surface area contributed by atoms with E-state index in [0.717, 1.165) is 44.9 Å². The number of nitrogens with two attached hydrogens (primary N) is 1. The molecular weight excluding hydrogens is 266 g/mol. The molecule has 2 rings (SSSR count). The Morgan fingerprint density at radius 3 is 2.57 bits per heavy atom. The fourth-order valence-corrected chi connectivity index (χ4v) is 2.87. The quantitative estimate of drug-likeness (QED) is 0.864. The lowest BCUT2D eigenvalue weighted by Crippen LogP contribution is -2.51. The third-order valence-electron chi connectivity index (χ3n) is 4.03. The van der Waals surface area contributed by atoms with E-state index in [1.807, 2.05) is 17.0 Å². The molecule has 118 valence electrons. The molecule has 1 aliphatic heterocycles. The minimum Gasteiger partial charge on any atom is -0.468 e. The first kappa shape index (κ1) is 16.0. The summed E-state index contributed by atoms with van der Waals surface area (Å²) >= 11 is 0. The average Bonchev–Trinajstić information content (AvgIpc) is 2.97. The maximum atomic E-state index is 12.5. The first-order chi connectivity index (χ1) is 10.1. The number of carbonyl (C=O) groups is 1. The van der Waals surface area contributed by atoms with Gasteiger partial charge in [0.25, 0.3) is 0 Å². The summed E-state index contributed by atoms with van der Waals surface area (Å²) in [6.07, 6.45) is 2.58. The Kier molecular flexibility index (Phi) is 5.82. The molecule has 1 saturated heterocycles. The molecular formula is C16H27N3O2. The number of hydrogen-bond acceptors (Lipinski definition) is 4. The Labute approximate surface area is 127 Å². The summed E-state index contributed by atoms with van der Waals surface area (Å²) in [6, 6.07) is 3.90. The monoisotopic (exact) mass is 293 g/mol. The zero-order valence-corrected chi connectivity index (χ0v) is 13.1. The molecule has 0 aromatic carbocycles. The first-order valence-electron chi connectivity index (χ1n) is 7.83. The summed E-state index contributed by atoms with van der Waals surface area (Å²) in [5.41, 5.74) is 5.78. The Bertz CT molecular complexity index is 423. The minimum absolute atomic E-state index is 0.0263. The Morgan fingerprint density at radius 2 is 2.05 bits per heavy atom. The lowest BCUT2D eigenvalue weighted by molar-refractivity contribution is -0.137. The van der Waals surface area contributed by atoms with Crippen molar-refractivity contribution in [2.75, 3.05) is 32.7 Å². The van der Waals surface area contributed by atoms with Gasteiger partial charge in [0, 0.05) is 32.7 Å². The smallest absolute Gasteiger partial charge is 0.227 e. The van der Waals surface area contributed by atoms with Crippen LogP contribution in [0.2, 0.25) is 0 Å². The van der Waals surface area contributed by atoms with E-state index < -0.39 is 0 Å². The summed E-state index contributed by atoms with van der Waals surface area (Å²) < 4.78 is 5.37. The predicted molar refractivity (Wildman–Crippen MR) is 82.6 cm³/mol. The number of carbonyl (C=O) groups excluding carboxylic acids is 1. The van der Waals surface area contributed by atoms with Crippen molar-refractivity contribution in [1.82, 2.24) is 9.80 Å². The van der Waals surface area contributed by atoms with Crippen molar-refractivity contribution in [1.29, 1.82) is 0 Å². The molecule has 1 aromatic heterocycles. The zero-order chi connectivity index (χ0) is 15.2. The second-order valence-electron chi connectivity index (χ2n) is 6.24. The van der Waals surface area contributed by atoms with Crippen molar-refractivity contribution in [3.8, 4) is 0 Å². The van der Waals surface area contributed by atoms with E-state index in [-0.39, 0.29) is 11.8 Å². The van der Waals surface area contributed by atoms with Crippen molar-refractivity contribution in [3.63, 3.8) is 0 Å². The Hall–Kier alpha value is -1.33. The molecule has 1 amide bonds. The molecule has 1 unspecified atom stereocenters.